The summed E-state index contributed by atoms with van der Waals surface area (Å²) in [6, 6.07) is 62.8. The third-order valence-corrected chi connectivity index (χ3v) is 10.2. The van der Waals surface area contributed by atoms with Crippen molar-refractivity contribution in [1.82, 2.24) is 24.9 Å². The predicted octanol–water partition coefficient (Wildman–Crippen LogP) is 12.4. The number of rotatable bonds is 6. The average molecular weight is 704 g/mol. The normalized spacial score (nSPS) is 11.4. The average Bonchev–Trinajstić information content (AvgIpc) is 3.26. The molecule has 0 bridgehead atoms. The van der Waals surface area contributed by atoms with Gasteiger partial charge in [0.05, 0.1) is 22.4 Å². The SMILES string of the molecule is Cc1cc(-c2ccc3ccccc3c2)nc2c1ccc1ccc(-c3cccc(-c4cccc(-c5nc(-c6ccccc6)nc(-c6ccccc6)n5)c4)c3)nc12. The summed E-state index contributed by atoms with van der Waals surface area (Å²) in [5.74, 6) is 1.90. The van der Waals surface area contributed by atoms with Crippen LogP contribution in [0.5, 0.6) is 0 Å². The number of benzene rings is 7. The van der Waals surface area contributed by atoms with Crippen molar-refractivity contribution in [1.29, 1.82) is 0 Å². The van der Waals surface area contributed by atoms with Gasteiger partial charge in [-0.1, -0.05) is 152 Å². The first-order valence-corrected chi connectivity index (χ1v) is 18.4. The summed E-state index contributed by atoms with van der Waals surface area (Å²) in [5, 5.41) is 4.58. The number of aryl methyl sites for hydroxylation is 1. The maximum absolute atomic E-state index is 5.29. The van der Waals surface area contributed by atoms with Crippen molar-refractivity contribution in [3.05, 3.63) is 188 Å². The second-order valence-corrected chi connectivity index (χ2v) is 13.8. The molecular weight excluding hydrogens is 671 g/mol. The number of nitrogens with zero attached hydrogens (tertiary/aromatic N) is 5. The van der Waals surface area contributed by atoms with Crippen LogP contribution in [0.4, 0.5) is 0 Å². The third-order valence-electron chi connectivity index (χ3n) is 10.2. The highest BCUT2D eigenvalue weighted by atomic mass is 15.0. The Morgan fingerprint density at radius 3 is 1.51 bits per heavy atom. The van der Waals surface area contributed by atoms with Crippen molar-refractivity contribution in [3.63, 3.8) is 0 Å². The van der Waals surface area contributed by atoms with Crippen LogP contribution in [0.3, 0.4) is 0 Å². The van der Waals surface area contributed by atoms with E-state index < -0.39 is 0 Å². The molecule has 5 nitrogen and oxygen atoms in total. The van der Waals surface area contributed by atoms with Crippen LogP contribution >= 0.6 is 0 Å². The lowest BCUT2D eigenvalue weighted by atomic mass is 9.98. The molecule has 0 saturated heterocycles. The highest BCUT2D eigenvalue weighted by Crippen LogP contribution is 2.34. The minimum absolute atomic E-state index is 0.625. The van der Waals surface area contributed by atoms with Gasteiger partial charge in [-0.15, -0.1) is 0 Å². The van der Waals surface area contributed by atoms with Gasteiger partial charge < -0.3 is 0 Å². The molecule has 0 N–H and O–H groups in total. The summed E-state index contributed by atoms with van der Waals surface area (Å²) >= 11 is 0. The van der Waals surface area contributed by atoms with E-state index in [9.17, 15) is 0 Å². The van der Waals surface area contributed by atoms with E-state index in [1.807, 2.05) is 60.7 Å². The Bertz CT molecular complexity index is 2990. The number of hydrogen-bond acceptors (Lipinski definition) is 5. The summed E-state index contributed by atoms with van der Waals surface area (Å²) in [6.07, 6.45) is 0. The number of aromatic nitrogens is 5. The molecule has 0 amide bonds. The van der Waals surface area contributed by atoms with Gasteiger partial charge in [0.25, 0.3) is 0 Å². The molecular formula is C50H33N5. The van der Waals surface area contributed by atoms with E-state index in [2.05, 4.69) is 128 Å². The van der Waals surface area contributed by atoms with Gasteiger partial charge in [0, 0.05) is 38.6 Å². The molecule has 0 atom stereocenters. The molecule has 0 saturated carbocycles. The minimum atomic E-state index is 0.625. The van der Waals surface area contributed by atoms with E-state index in [1.165, 1.54) is 16.3 Å². The molecule has 0 aliphatic heterocycles. The maximum atomic E-state index is 5.29. The zero-order chi connectivity index (χ0) is 36.7. The van der Waals surface area contributed by atoms with E-state index in [1.54, 1.807) is 0 Å². The van der Waals surface area contributed by atoms with E-state index in [4.69, 9.17) is 24.9 Å². The first-order valence-electron chi connectivity index (χ1n) is 18.4. The summed E-state index contributed by atoms with van der Waals surface area (Å²) in [6.45, 7) is 2.16. The fraction of sp³-hybridized carbons (Fsp3) is 0.0200. The Morgan fingerprint density at radius 1 is 0.291 bits per heavy atom. The van der Waals surface area contributed by atoms with Crippen LogP contribution < -0.4 is 0 Å². The van der Waals surface area contributed by atoms with E-state index in [-0.39, 0.29) is 0 Å². The zero-order valence-electron chi connectivity index (χ0n) is 30.1. The van der Waals surface area contributed by atoms with Gasteiger partial charge >= 0.3 is 0 Å². The second-order valence-electron chi connectivity index (χ2n) is 13.8. The Balaban J connectivity index is 1.04. The van der Waals surface area contributed by atoms with Crippen LogP contribution in [0, 0.1) is 6.92 Å². The molecule has 0 radical (unpaired) electrons. The van der Waals surface area contributed by atoms with Gasteiger partial charge in [0.2, 0.25) is 0 Å². The van der Waals surface area contributed by atoms with Gasteiger partial charge in [0.1, 0.15) is 0 Å². The largest absolute Gasteiger partial charge is 0.245 e. The van der Waals surface area contributed by atoms with Crippen molar-refractivity contribution in [3.8, 4) is 67.8 Å². The molecule has 0 spiro atoms. The van der Waals surface area contributed by atoms with E-state index in [0.717, 1.165) is 72.1 Å². The molecule has 0 fully saturated rings. The van der Waals surface area contributed by atoms with Crippen molar-refractivity contribution in [2.75, 3.05) is 0 Å². The van der Waals surface area contributed by atoms with Gasteiger partial charge in [-0.3, -0.25) is 0 Å². The first-order chi connectivity index (χ1) is 27.1. The summed E-state index contributed by atoms with van der Waals surface area (Å²) in [4.78, 5) is 25.3. The maximum Gasteiger partial charge on any atom is 0.164 e. The highest BCUT2D eigenvalue weighted by molar-refractivity contribution is 6.05. The van der Waals surface area contributed by atoms with Crippen molar-refractivity contribution in [2.24, 2.45) is 0 Å². The van der Waals surface area contributed by atoms with Crippen LogP contribution in [0.15, 0.2) is 182 Å². The Morgan fingerprint density at radius 2 is 0.800 bits per heavy atom. The summed E-state index contributed by atoms with van der Waals surface area (Å²) in [5.41, 5.74) is 11.9. The molecule has 0 aliphatic rings. The van der Waals surface area contributed by atoms with Crippen LogP contribution in [-0.4, -0.2) is 24.9 Å². The van der Waals surface area contributed by atoms with Gasteiger partial charge in [-0.25, -0.2) is 24.9 Å². The quantitative estimate of drug-likeness (QED) is 0.161. The highest BCUT2D eigenvalue weighted by Gasteiger charge is 2.15. The summed E-state index contributed by atoms with van der Waals surface area (Å²) < 4.78 is 0. The monoisotopic (exact) mass is 703 g/mol. The van der Waals surface area contributed by atoms with E-state index in [0.29, 0.717) is 17.5 Å². The molecule has 55 heavy (non-hydrogen) atoms. The second kappa shape index (κ2) is 13.6. The molecule has 0 aliphatic carbocycles. The summed E-state index contributed by atoms with van der Waals surface area (Å²) in [7, 11) is 0. The number of hydrogen-bond donors (Lipinski definition) is 0. The molecule has 3 aromatic heterocycles. The topological polar surface area (TPSA) is 64.5 Å². The third kappa shape index (κ3) is 6.18. The van der Waals surface area contributed by atoms with Crippen LogP contribution in [-0.2, 0) is 0 Å². The van der Waals surface area contributed by atoms with Crippen LogP contribution in [0.25, 0.3) is 100 Å². The molecule has 3 heterocycles. The Labute approximate surface area is 318 Å². The molecule has 5 heteroatoms. The van der Waals surface area contributed by atoms with Crippen LogP contribution in [0.1, 0.15) is 5.56 Å². The van der Waals surface area contributed by atoms with Gasteiger partial charge in [-0.05, 0) is 64.7 Å². The Hall–Kier alpha value is -7.37. The number of fused-ring (bicyclic) bond motifs is 4. The zero-order valence-corrected chi connectivity index (χ0v) is 30.1. The van der Waals surface area contributed by atoms with Gasteiger partial charge in [0.15, 0.2) is 17.5 Å². The molecule has 7 aromatic carbocycles. The van der Waals surface area contributed by atoms with Crippen molar-refractivity contribution < 1.29 is 0 Å². The lowest BCUT2D eigenvalue weighted by molar-refractivity contribution is 1.07. The molecule has 10 aromatic rings. The van der Waals surface area contributed by atoms with Crippen molar-refractivity contribution >= 4 is 32.6 Å². The number of pyridine rings is 2. The van der Waals surface area contributed by atoms with Gasteiger partial charge in [-0.2, -0.15) is 0 Å². The standard InChI is InChI=1S/C50H33N5/c1-32-28-45(41-23-22-33-12-8-9-17-37(33)29-41)52-47-43(32)26-24-34-25-27-44(51-46(34)47)40-20-10-18-38(30-40)39-19-11-21-42(31-39)50-54-48(35-13-4-2-5-14-35)53-49(55-50)36-15-6-3-7-16-36/h2-31H,1H3. The lowest BCUT2D eigenvalue weighted by Crippen LogP contribution is -2.00. The molecule has 10 rings (SSSR count). The fourth-order valence-electron chi connectivity index (χ4n) is 7.33. The van der Waals surface area contributed by atoms with E-state index >= 15 is 0 Å². The fourth-order valence-corrected chi connectivity index (χ4v) is 7.33. The molecule has 258 valence electrons. The first kappa shape index (κ1) is 32.3. The predicted molar refractivity (Wildman–Crippen MR) is 225 cm³/mol. The van der Waals surface area contributed by atoms with Crippen molar-refractivity contribution in [2.45, 2.75) is 6.92 Å². The van der Waals surface area contributed by atoms with Crippen LogP contribution in [0.2, 0.25) is 0 Å². The lowest BCUT2D eigenvalue weighted by Gasteiger charge is -2.12. The smallest absolute Gasteiger partial charge is 0.164 e. The minimum Gasteiger partial charge on any atom is -0.245 e. The molecule has 0 unspecified atom stereocenters. The Kier molecular flexibility index (Phi) is 7.96.